The first-order chi connectivity index (χ1) is 19.6. The maximum atomic E-state index is 12.3. The highest BCUT2D eigenvalue weighted by Crippen LogP contribution is 2.40. The molecule has 0 unspecified atom stereocenters. The molecule has 6 nitrogen and oxygen atoms in total. The molecule has 0 radical (unpaired) electrons. The average Bonchev–Trinajstić information content (AvgIpc) is 2.90. The number of ether oxygens (including phenoxy) is 3. The van der Waals surface area contributed by atoms with Crippen molar-refractivity contribution in [2.45, 2.75) is 70.1 Å². The van der Waals surface area contributed by atoms with Crippen LogP contribution in [0.25, 0.3) is 0 Å². The fourth-order valence-corrected chi connectivity index (χ4v) is 7.06. The zero-order valence-electron chi connectivity index (χ0n) is 25.5. The summed E-state index contributed by atoms with van der Waals surface area (Å²) >= 11 is 0. The van der Waals surface area contributed by atoms with Crippen LogP contribution in [0.5, 0.6) is 17.2 Å². The van der Waals surface area contributed by atoms with E-state index in [0.717, 1.165) is 54.1 Å². The highest BCUT2D eigenvalue weighted by molar-refractivity contribution is 7.97. The van der Waals surface area contributed by atoms with Crippen LogP contribution in [0.1, 0.15) is 47.2 Å². The molecule has 0 atom stereocenters. The fourth-order valence-electron chi connectivity index (χ4n) is 4.48. The number of benzene rings is 3. The zero-order chi connectivity index (χ0) is 31.5. The molecule has 0 aliphatic carbocycles. The predicted octanol–water partition coefficient (Wildman–Crippen LogP) is 7.69. The minimum Gasteiger partial charge on any atom is -0.423 e. The Balaban J connectivity index is 2.25. The third kappa shape index (κ3) is 7.09. The van der Waals surface area contributed by atoms with Crippen molar-refractivity contribution in [1.29, 1.82) is 0 Å². The molecular formula is C35H37O6S+. The maximum Gasteiger partial charge on any atom is 0.338 e. The van der Waals surface area contributed by atoms with Crippen molar-refractivity contribution in [3.05, 3.63) is 107 Å². The normalized spacial score (nSPS) is 10.7. The summed E-state index contributed by atoms with van der Waals surface area (Å²) < 4.78 is 16.8. The molecule has 42 heavy (non-hydrogen) atoms. The van der Waals surface area contributed by atoms with E-state index in [9.17, 15) is 14.4 Å². The van der Waals surface area contributed by atoms with E-state index in [-0.39, 0.29) is 0 Å². The van der Waals surface area contributed by atoms with Gasteiger partial charge in [-0.25, -0.2) is 14.4 Å². The van der Waals surface area contributed by atoms with E-state index in [0.29, 0.717) is 28.4 Å². The van der Waals surface area contributed by atoms with Gasteiger partial charge < -0.3 is 14.2 Å². The van der Waals surface area contributed by atoms with Crippen LogP contribution in [-0.4, -0.2) is 17.9 Å². The molecule has 0 amide bonds. The molecule has 3 rings (SSSR count). The Kier molecular flexibility index (Phi) is 10.0. The van der Waals surface area contributed by atoms with E-state index in [1.807, 2.05) is 77.9 Å². The molecule has 0 saturated carbocycles. The smallest absolute Gasteiger partial charge is 0.338 e. The SMILES string of the molecule is C=CC(=O)Oc1c(C)cc([S+](c2cc(C)c(OC(=O)C(=C)C)c(C)c2)c2cc(C)c(OC(=O)C(=C)C)c(C)c2)cc1C. The van der Waals surface area contributed by atoms with Gasteiger partial charge in [-0.15, -0.1) is 0 Å². The van der Waals surface area contributed by atoms with Gasteiger partial charge in [0.15, 0.2) is 14.7 Å². The summed E-state index contributed by atoms with van der Waals surface area (Å²) in [5, 5.41) is 0. The van der Waals surface area contributed by atoms with Gasteiger partial charge >= 0.3 is 17.9 Å². The number of carbonyl (C=O) groups excluding carboxylic acids is 3. The lowest BCUT2D eigenvalue weighted by Crippen LogP contribution is -2.13. The van der Waals surface area contributed by atoms with Crippen LogP contribution in [0.4, 0.5) is 0 Å². The minimum absolute atomic E-state index is 0.319. The van der Waals surface area contributed by atoms with Gasteiger partial charge in [0, 0.05) is 53.6 Å². The largest absolute Gasteiger partial charge is 0.423 e. The summed E-state index contributed by atoms with van der Waals surface area (Å²) in [6.07, 6.45) is 1.14. The molecule has 0 fully saturated rings. The van der Waals surface area contributed by atoms with Gasteiger partial charge in [0.2, 0.25) is 0 Å². The predicted molar refractivity (Wildman–Crippen MR) is 167 cm³/mol. The molecule has 0 spiro atoms. The summed E-state index contributed by atoms with van der Waals surface area (Å²) in [5.74, 6) is 0.0267. The maximum absolute atomic E-state index is 12.3. The van der Waals surface area contributed by atoms with E-state index < -0.39 is 28.8 Å². The summed E-state index contributed by atoms with van der Waals surface area (Å²) in [5.41, 5.74) is 5.48. The minimum atomic E-state index is -0.635. The first-order valence-corrected chi connectivity index (χ1v) is 14.5. The van der Waals surface area contributed by atoms with Crippen molar-refractivity contribution in [2.75, 3.05) is 0 Å². The summed E-state index contributed by atoms with van der Waals surface area (Å²) in [4.78, 5) is 39.6. The lowest BCUT2D eigenvalue weighted by Gasteiger charge is -2.17. The standard InChI is InChI=1S/C35H37O6S/c1-12-30(36)39-31-21(6)13-27(14-22(31)7)42(28-15-23(8)32(24(9)16-28)40-34(37)19(2)3)29-17-25(10)33(26(11)18-29)41-35(38)20(4)5/h12-18H,1-2,4H2,3,5-11H3/q+1. The van der Waals surface area contributed by atoms with Crippen molar-refractivity contribution in [3.63, 3.8) is 0 Å². The van der Waals surface area contributed by atoms with Gasteiger partial charge in [0.1, 0.15) is 17.2 Å². The van der Waals surface area contributed by atoms with Crippen LogP contribution in [0, 0.1) is 41.5 Å². The van der Waals surface area contributed by atoms with E-state index in [1.165, 1.54) is 0 Å². The summed E-state index contributed by atoms with van der Waals surface area (Å²) in [7, 11) is -0.635. The Morgan fingerprint density at radius 1 is 0.571 bits per heavy atom. The Morgan fingerprint density at radius 3 is 1.07 bits per heavy atom. The molecule has 3 aromatic rings. The monoisotopic (exact) mass is 585 g/mol. The third-order valence-corrected chi connectivity index (χ3v) is 8.59. The number of hydrogen-bond acceptors (Lipinski definition) is 6. The fraction of sp³-hybridized carbons (Fsp3) is 0.229. The van der Waals surface area contributed by atoms with E-state index in [1.54, 1.807) is 13.8 Å². The second-order valence-corrected chi connectivity index (χ2v) is 12.5. The van der Waals surface area contributed by atoms with Crippen molar-refractivity contribution in [2.24, 2.45) is 0 Å². The molecule has 0 saturated heterocycles. The number of rotatable bonds is 9. The van der Waals surface area contributed by atoms with Gasteiger partial charge in [0.05, 0.1) is 10.9 Å². The summed E-state index contributed by atoms with van der Waals surface area (Å²) in [6, 6.07) is 12.1. The van der Waals surface area contributed by atoms with Crippen molar-refractivity contribution in [1.82, 2.24) is 0 Å². The Morgan fingerprint density at radius 2 is 0.833 bits per heavy atom. The second-order valence-electron chi connectivity index (χ2n) is 10.4. The highest BCUT2D eigenvalue weighted by atomic mass is 32.2. The average molecular weight is 586 g/mol. The number of carbonyl (C=O) groups is 3. The van der Waals surface area contributed by atoms with Gasteiger partial charge in [0.25, 0.3) is 0 Å². The molecule has 3 aromatic carbocycles. The molecule has 0 N–H and O–H groups in total. The number of aryl methyl sites for hydroxylation is 6. The van der Waals surface area contributed by atoms with E-state index >= 15 is 0 Å². The lowest BCUT2D eigenvalue weighted by atomic mass is 10.1. The molecule has 0 aliphatic rings. The molecule has 218 valence electrons. The zero-order valence-corrected chi connectivity index (χ0v) is 26.3. The van der Waals surface area contributed by atoms with E-state index in [2.05, 4.69) is 19.7 Å². The topological polar surface area (TPSA) is 78.9 Å². The first kappa shape index (κ1) is 32.2. The van der Waals surface area contributed by atoms with Crippen LogP contribution < -0.4 is 14.2 Å². The van der Waals surface area contributed by atoms with Crippen LogP contribution >= 0.6 is 0 Å². The van der Waals surface area contributed by atoms with Gasteiger partial charge in [-0.1, -0.05) is 19.7 Å². The Labute approximate surface area is 251 Å². The molecule has 0 aromatic heterocycles. The van der Waals surface area contributed by atoms with Gasteiger partial charge in [-0.3, -0.25) is 0 Å². The highest BCUT2D eigenvalue weighted by Gasteiger charge is 2.33. The van der Waals surface area contributed by atoms with Gasteiger partial charge in [-0.05, 0) is 88.8 Å². The lowest BCUT2D eigenvalue weighted by molar-refractivity contribution is -0.131. The number of esters is 3. The van der Waals surface area contributed by atoms with Gasteiger partial charge in [-0.2, -0.15) is 0 Å². The molecule has 0 bridgehead atoms. The molecular weight excluding hydrogens is 548 g/mol. The molecule has 0 aliphatic heterocycles. The first-order valence-electron chi connectivity index (χ1n) is 13.3. The van der Waals surface area contributed by atoms with Crippen LogP contribution in [0.15, 0.2) is 88.0 Å². The Bertz CT molecular complexity index is 1490. The third-order valence-electron chi connectivity index (χ3n) is 6.46. The van der Waals surface area contributed by atoms with Crippen LogP contribution in [0.2, 0.25) is 0 Å². The number of hydrogen-bond donors (Lipinski definition) is 0. The van der Waals surface area contributed by atoms with Crippen molar-refractivity contribution in [3.8, 4) is 17.2 Å². The summed E-state index contributed by atoms with van der Waals surface area (Å²) in [6.45, 7) is 25.5. The molecule has 7 heteroatoms. The van der Waals surface area contributed by atoms with Crippen LogP contribution in [-0.2, 0) is 25.3 Å². The molecule has 0 heterocycles. The second kappa shape index (κ2) is 13.1. The van der Waals surface area contributed by atoms with Crippen molar-refractivity contribution < 1.29 is 28.6 Å². The quantitative estimate of drug-likeness (QED) is 0.111. The van der Waals surface area contributed by atoms with Crippen molar-refractivity contribution >= 4 is 28.8 Å². The van der Waals surface area contributed by atoms with E-state index in [4.69, 9.17) is 14.2 Å². The Hall–Kier alpha value is -4.36. The van der Waals surface area contributed by atoms with Crippen LogP contribution in [0.3, 0.4) is 0 Å².